The van der Waals surface area contributed by atoms with Crippen LogP contribution in [0.2, 0.25) is 0 Å². The van der Waals surface area contributed by atoms with Gasteiger partial charge in [0.1, 0.15) is 17.2 Å². The van der Waals surface area contributed by atoms with Gasteiger partial charge in [-0.1, -0.05) is 35.9 Å². The topological polar surface area (TPSA) is 40.0 Å². The molecule has 148 valence electrons. The molecule has 4 heteroatoms. The number of aliphatic imine (C=N–C) groups is 1. The van der Waals surface area contributed by atoms with E-state index in [0.29, 0.717) is 11.6 Å². The van der Waals surface area contributed by atoms with E-state index < -0.39 is 0 Å². The predicted molar refractivity (Wildman–Crippen MR) is 117 cm³/mol. The fourth-order valence-corrected chi connectivity index (χ4v) is 2.60. The minimum absolute atomic E-state index is 0.474. The first-order valence-electron chi connectivity index (χ1n) is 9.41. The average Bonchev–Trinajstić information content (AvgIpc) is 2.73. The fraction of sp³-hybridized carbons (Fsp3) is 0.160. The Morgan fingerprint density at radius 3 is 2.21 bits per heavy atom. The highest BCUT2D eigenvalue weighted by Crippen LogP contribution is 2.21. The molecule has 0 atom stereocenters. The van der Waals surface area contributed by atoms with Gasteiger partial charge in [-0.15, -0.1) is 0 Å². The van der Waals surface area contributed by atoms with E-state index in [2.05, 4.69) is 0 Å². The summed E-state index contributed by atoms with van der Waals surface area (Å²) in [5.41, 5.74) is 3.87. The summed E-state index contributed by atoms with van der Waals surface area (Å²) in [6, 6.07) is 23.3. The first-order valence-corrected chi connectivity index (χ1v) is 9.41. The Labute approximate surface area is 172 Å². The number of aryl methyl sites for hydroxylation is 2. The number of benzene rings is 3. The van der Waals surface area contributed by atoms with Crippen molar-refractivity contribution in [1.29, 1.82) is 0 Å². The lowest BCUT2D eigenvalue weighted by Crippen LogP contribution is -2.11. The van der Waals surface area contributed by atoms with Crippen LogP contribution in [0.25, 0.3) is 0 Å². The maximum atomic E-state index is 6.10. The average molecular weight is 387 g/mol. The molecule has 0 amide bonds. The Morgan fingerprint density at radius 2 is 1.48 bits per heavy atom. The molecule has 3 aromatic carbocycles. The molecule has 0 radical (unpaired) electrons. The molecule has 0 bridgehead atoms. The monoisotopic (exact) mass is 387 g/mol. The van der Waals surface area contributed by atoms with E-state index in [1.165, 1.54) is 5.56 Å². The standard InChI is InChI=1S/C25H25NO3/c1-18-11-13-21(14-12-18)26-25(29-24-10-5-7-19(2)15-24)20(3)17-28-23-9-6-8-22(16-23)27-4/h5-17H,1-4H3/b20-17+,26-25-. The Kier molecular flexibility index (Phi) is 6.69. The van der Waals surface area contributed by atoms with Crippen molar-refractivity contribution < 1.29 is 14.2 Å². The van der Waals surface area contributed by atoms with Gasteiger partial charge in [0.05, 0.1) is 19.1 Å². The van der Waals surface area contributed by atoms with Gasteiger partial charge in [-0.3, -0.25) is 0 Å². The van der Waals surface area contributed by atoms with E-state index in [0.717, 1.165) is 28.3 Å². The lowest BCUT2D eigenvalue weighted by molar-refractivity contribution is 0.408. The third-order valence-corrected chi connectivity index (χ3v) is 4.22. The fourth-order valence-electron chi connectivity index (χ4n) is 2.60. The molecule has 3 rings (SSSR count). The number of hydrogen-bond donors (Lipinski definition) is 0. The Bertz CT molecular complexity index is 1020. The van der Waals surface area contributed by atoms with Gasteiger partial charge < -0.3 is 14.2 Å². The summed E-state index contributed by atoms with van der Waals surface area (Å²) in [6.07, 6.45) is 1.64. The van der Waals surface area contributed by atoms with Crippen molar-refractivity contribution in [3.8, 4) is 17.2 Å². The maximum absolute atomic E-state index is 6.10. The van der Waals surface area contributed by atoms with Gasteiger partial charge in [0.15, 0.2) is 0 Å². The zero-order chi connectivity index (χ0) is 20.6. The Balaban J connectivity index is 1.88. The lowest BCUT2D eigenvalue weighted by Gasteiger charge is -2.11. The lowest BCUT2D eigenvalue weighted by atomic mass is 10.2. The van der Waals surface area contributed by atoms with E-state index in [1.807, 2.05) is 93.6 Å². The van der Waals surface area contributed by atoms with Crippen LogP contribution in [0, 0.1) is 13.8 Å². The van der Waals surface area contributed by atoms with Gasteiger partial charge in [0.2, 0.25) is 5.90 Å². The number of rotatable bonds is 6. The number of hydrogen-bond acceptors (Lipinski definition) is 4. The third kappa shape index (κ3) is 5.98. The third-order valence-electron chi connectivity index (χ3n) is 4.22. The van der Waals surface area contributed by atoms with Crippen LogP contribution in [0.3, 0.4) is 0 Å². The van der Waals surface area contributed by atoms with Crippen molar-refractivity contribution in [3.05, 3.63) is 95.8 Å². The Morgan fingerprint density at radius 1 is 0.793 bits per heavy atom. The zero-order valence-corrected chi connectivity index (χ0v) is 17.2. The zero-order valence-electron chi connectivity index (χ0n) is 17.2. The second kappa shape index (κ2) is 9.60. The highest BCUT2D eigenvalue weighted by atomic mass is 16.5. The molecule has 0 saturated heterocycles. The van der Waals surface area contributed by atoms with Crippen molar-refractivity contribution >= 4 is 11.6 Å². The van der Waals surface area contributed by atoms with Crippen molar-refractivity contribution in [1.82, 2.24) is 0 Å². The SMILES string of the molecule is COc1cccc(O/C=C(C)/C(=N/c2ccc(C)cc2)Oc2cccc(C)c2)c1. The van der Waals surface area contributed by atoms with E-state index in [-0.39, 0.29) is 0 Å². The van der Waals surface area contributed by atoms with Crippen LogP contribution >= 0.6 is 0 Å². The summed E-state index contributed by atoms with van der Waals surface area (Å²) in [7, 11) is 1.63. The summed E-state index contributed by atoms with van der Waals surface area (Å²) < 4.78 is 17.1. The van der Waals surface area contributed by atoms with Gasteiger partial charge in [0, 0.05) is 11.6 Å². The van der Waals surface area contributed by atoms with Gasteiger partial charge in [-0.25, -0.2) is 4.99 Å². The van der Waals surface area contributed by atoms with Crippen LogP contribution in [-0.2, 0) is 0 Å². The summed E-state index contributed by atoms with van der Waals surface area (Å²) >= 11 is 0. The molecule has 3 aromatic rings. The van der Waals surface area contributed by atoms with Crippen molar-refractivity contribution in [2.24, 2.45) is 4.99 Å². The highest BCUT2D eigenvalue weighted by Gasteiger charge is 2.08. The van der Waals surface area contributed by atoms with Crippen LogP contribution in [0.1, 0.15) is 18.1 Å². The number of ether oxygens (including phenoxy) is 3. The van der Waals surface area contributed by atoms with Crippen LogP contribution in [0.15, 0.2) is 89.6 Å². The molecular weight excluding hydrogens is 362 g/mol. The minimum Gasteiger partial charge on any atom is -0.497 e. The first-order chi connectivity index (χ1) is 14.0. The predicted octanol–water partition coefficient (Wildman–Crippen LogP) is 6.40. The van der Waals surface area contributed by atoms with Gasteiger partial charge in [-0.2, -0.15) is 0 Å². The van der Waals surface area contributed by atoms with Crippen LogP contribution < -0.4 is 14.2 Å². The molecule has 0 heterocycles. The summed E-state index contributed by atoms with van der Waals surface area (Å²) in [6.45, 7) is 5.98. The molecular formula is C25H25NO3. The van der Waals surface area contributed by atoms with Crippen LogP contribution in [0.4, 0.5) is 5.69 Å². The molecule has 0 aliphatic heterocycles. The van der Waals surface area contributed by atoms with Crippen molar-refractivity contribution in [2.75, 3.05) is 7.11 Å². The second-order valence-electron chi connectivity index (χ2n) is 6.77. The Hall–Kier alpha value is -3.53. The molecule has 0 aliphatic carbocycles. The van der Waals surface area contributed by atoms with Crippen LogP contribution in [0.5, 0.6) is 17.2 Å². The van der Waals surface area contributed by atoms with E-state index in [4.69, 9.17) is 19.2 Å². The second-order valence-corrected chi connectivity index (χ2v) is 6.77. The number of nitrogens with zero attached hydrogens (tertiary/aromatic N) is 1. The molecule has 0 spiro atoms. The molecule has 29 heavy (non-hydrogen) atoms. The summed E-state index contributed by atoms with van der Waals surface area (Å²) in [5.74, 6) is 2.61. The van der Waals surface area contributed by atoms with Crippen molar-refractivity contribution in [3.63, 3.8) is 0 Å². The van der Waals surface area contributed by atoms with E-state index in [1.54, 1.807) is 13.4 Å². The van der Waals surface area contributed by atoms with E-state index in [9.17, 15) is 0 Å². The molecule has 0 aliphatic rings. The molecule has 0 fully saturated rings. The molecule has 0 aromatic heterocycles. The maximum Gasteiger partial charge on any atom is 0.225 e. The molecule has 0 unspecified atom stereocenters. The quantitative estimate of drug-likeness (QED) is 0.279. The van der Waals surface area contributed by atoms with Crippen molar-refractivity contribution in [2.45, 2.75) is 20.8 Å². The van der Waals surface area contributed by atoms with Crippen LogP contribution in [-0.4, -0.2) is 13.0 Å². The number of methoxy groups -OCH3 is 1. The van der Waals surface area contributed by atoms with Gasteiger partial charge >= 0.3 is 0 Å². The molecule has 0 saturated carbocycles. The highest BCUT2D eigenvalue weighted by molar-refractivity contribution is 5.96. The van der Waals surface area contributed by atoms with Gasteiger partial charge in [0.25, 0.3) is 0 Å². The minimum atomic E-state index is 0.474. The summed E-state index contributed by atoms with van der Waals surface area (Å²) in [5, 5.41) is 0. The smallest absolute Gasteiger partial charge is 0.225 e. The van der Waals surface area contributed by atoms with E-state index >= 15 is 0 Å². The van der Waals surface area contributed by atoms with Gasteiger partial charge in [-0.05, 0) is 62.7 Å². The first kappa shape index (κ1) is 20.2. The molecule has 4 nitrogen and oxygen atoms in total. The largest absolute Gasteiger partial charge is 0.497 e. The molecule has 0 N–H and O–H groups in total. The normalized spacial score (nSPS) is 11.9. The summed E-state index contributed by atoms with van der Waals surface area (Å²) in [4.78, 5) is 4.69.